The van der Waals surface area contributed by atoms with Crippen LogP contribution in [0.25, 0.3) is 0 Å². The van der Waals surface area contributed by atoms with Gasteiger partial charge in [0.05, 0.1) is 23.3 Å². The molecule has 4 nitrogen and oxygen atoms in total. The average Bonchev–Trinajstić information content (AvgIpc) is 2.61. The lowest BCUT2D eigenvalue weighted by Crippen LogP contribution is -2.40. The van der Waals surface area contributed by atoms with Crippen LogP contribution in [0, 0.1) is 6.92 Å². The van der Waals surface area contributed by atoms with E-state index in [9.17, 15) is 4.79 Å². The second-order valence-electron chi connectivity index (χ2n) is 3.57. The van der Waals surface area contributed by atoms with E-state index in [0.717, 1.165) is 10.7 Å². The van der Waals surface area contributed by atoms with Crippen LogP contribution in [0.5, 0.6) is 0 Å². The summed E-state index contributed by atoms with van der Waals surface area (Å²) in [4.78, 5) is 17.6. The van der Waals surface area contributed by atoms with Crippen LogP contribution in [-0.2, 0) is 11.3 Å². The summed E-state index contributed by atoms with van der Waals surface area (Å²) in [5.74, 6) is -0.0249. The second kappa shape index (κ2) is 5.23. The Morgan fingerprint density at radius 1 is 1.73 bits per heavy atom. The Hall–Kier alpha value is -0.940. The zero-order chi connectivity index (χ0) is 11.4. The molecule has 2 N–H and O–H groups in total. The topological polar surface area (TPSA) is 59.2 Å². The number of rotatable bonds is 4. The minimum Gasteiger partial charge on any atom is -0.338 e. The molecule has 1 amide bonds. The Labute approximate surface area is 94.1 Å². The molecule has 0 fully saturated rings. The highest BCUT2D eigenvalue weighted by molar-refractivity contribution is 7.09. The van der Waals surface area contributed by atoms with Gasteiger partial charge in [-0.3, -0.25) is 4.79 Å². The molecule has 0 aliphatic heterocycles. The molecule has 0 saturated heterocycles. The maximum atomic E-state index is 11.7. The first kappa shape index (κ1) is 12.1. The molecule has 1 atom stereocenters. The first-order valence-electron chi connectivity index (χ1n) is 4.96. The number of nitrogens with zero attached hydrogens (tertiary/aromatic N) is 2. The first-order chi connectivity index (χ1) is 7.04. The van der Waals surface area contributed by atoms with Crippen LogP contribution in [0.3, 0.4) is 0 Å². The Bertz CT molecular complexity index is 337. The van der Waals surface area contributed by atoms with Crippen molar-refractivity contribution in [3.05, 3.63) is 16.1 Å². The highest BCUT2D eigenvalue weighted by atomic mass is 32.1. The average molecular weight is 227 g/mol. The number of aryl methyl sites for hydroxylation is 1. The molecule has 0 aliphatic carbocycles. The highest BCUT2D eigenvalue weighted by Gasteiger charge is 2.16. The van der Waals surface area contributed by atoms with Gasteiger partial charge in [-0.15, -0.1) is 11.3 Å². The van der Waals surface area contributed by atoms with Gasteiger partial charge in [-0.1, -0.05) is 6.92 Å². The summed E-state index contributed by atoms with van der Waals surface area (Å²) in [5, 5.41) is 2.99. The number of thiazole rings is 1. The molecule has 5 heteroatoms. The number of aromatic nitrogens is 1. The van der Waals surface area contributed by atoms with Gasteiger partial charge in [0.2, 0.25) is 5.91 Å². The molecule has 0 aliphatic rings. The summed E-state index contributed by atoms with van der Waals surface area (Å²) >= 11 is 1.59. The monoisotopic (exact) mass is 227 g/mol. The molecule has 0 spiro atoms. The van der Waals surface area contributed by atoms with Crippen molar-refractivity contribution < 1.29 is 4.79 Å². The van der Waals surface area contributed by atoms with E-state index < -0.39 is 6.04 Å². The van der Waals surface area contributed by atoms with Crippen molar-refractivity contribution in [3.8, 4) is 0 Å². The lowest BCUT2D eigenvalue weighted by Gasteiger charge is -2.19. The van der Waals surface area contributed by atoms with E-state index in [1.54, 1.807) is 23.3 Å². The van der Waals surface area contributed by atoms with Crippen LogP contribution in [0.15, 0.2) is 5.38 Å². The van der Waals surface area contributed by atoms with Crippen molar-refractivity contribution in [2.45, 2.75) is 32.9 Å². The van der Waals surface area contributed by atoms with Gasteiger partial charge in [-0.05, 0) is 13.3 Å². The van der Waals surface area contributed by atoms with Gasteiger partial charge < -0.3 is 10.6 Å². The lowest BCUT2D eigenvalue weighted by molar-refractivity contribution is -0.131. The highest BCUT2D eigenvalue weighted by Crippen LogP contribution is 2.10. The minimum atomic E-state index is -0.394. The molecule has 0 saturated carbocycles. The van der Waals surface area contributed by atoms with E-state index in [4.69, 9.17) is 5.73 Å². The predicted molar refractivity (Wildman–Crippen MR) is 61.6 cm³/mol. The van der Waals surface area contributed by atoms with E-state index in [2.05, 4.69) is 4.98 Å². The maximum Gasteiger partial charge on any atom is 0.239 e. The van der Waals surface area contributed by atoms with E-state index >= 15 is 0 Å². The fourth-order valence-electron chi connectivity index (χ4n) is 1.26. The van der Waals surface area contributed by atoms with Gasteiger partial charge in [0, 0.05) is 12.4 Å². The number of amides is 1. The maximum absolute atomic E-state index is 11.7. The summed E-state index contributed by atoms with van der Waals surface area (Å²) in [6.45, 7) is 4.40. The van der Waals surface area contributed by atoms with E-state index in [0.29, 0.717) is 13.0 Å². The normalized spacial score (nSPS) is 12.5. The van der Waals surface area contributed by atoms with Crippen LogP contribution in [0.1, 0.15) is 24.0 Å². The number of carbonyl (C=O) groups is 1. The van der Waals surface area contributed by atoms with E-state index in [1.807, 2.05) is 19.2 Å². The summed E-state index contributed by atoms with van der Waals surface area (Å²) in [5.41, 5.74) is 6.59. The Kier molecular flexibility index (Phi) is 4.23. The molecule has 84 valence electrons. The molecular weight excluding hydrogens is 210 g/mol. The Morgan fingerprint density at radius 2 is 2.40 bits per heavy atom. The molecule has 1 heterocycles. The van der Waals surface area contributed by atoms with Crippen molar-refractivity contribution in [2.24, 2.45) is 5.73 Å². The summed E-state index contributed by atoms with van der Waals surface area (Å²) in [7, 11) is 1.76. The second-order valence-corrected chi connectivity index (χ2v) is 4.63. The number of hydrogen-bond acceptors (Lipinski definition) is 4. The zero-order valence-electron chi connectivity index (χ0n) is 9.36. The predicted octanol–water partition coefficient (Wildman–Crippen LogP) is 1.15. The van der Waals surface area contributed by atoms with Crippen LogP contribution in [0.2, 0.25) is 0 Å². The van der Waals surface area contributed by atoms with Gasteiger partial charge in [0.1, 0.15) is 0 Å². The quantitative estimate of drug-likeness (QED) is 0.839. The number of hydrogen-bond donors (Lipinski definition) is 1. The molecule has 1 rings (SSSR count). The Balaban J connectivity index is 2.55. The molecule has 0 unspecified atom stereocenters. The smallest absolute Gasteiger partial charge is 0.239 e. The molecule has 1 aromatic rings. The number of nitrogens with two attached hydrogens (primary N) is 1. The van der Waals surface area contributed by atoms with Crippen LogP contribution in [0.4, 0.5) is 0 Å². The largest absolute Gasteiger partial charge is 0.338 e. The summed E-state index contributed by atoms with van der Waals surface area (Å²) in [6.07, 6.45) is 0.666. The summed E-state index contributed by atoms with van der Waals surface area (Å²) in [6, 6.07) is -0.394. The van der Waals surface area contributed by atoms with Crippen molar-refractivity contribution >= 4 is 17.2 Å². The standard InChI is InChI=1S/C10H17N3OS/c1-4-9(11)10(14)13(3)5-8-6-15-7(2)12-8/h6,9H,4-5,11H2,1-3H3/t9-/m0/s1. The van der Waals surface area contributed by atoms with Crippen molar-refractivity contribution in [3.63, 3.8) is 0 Å². The molecule has 15 heavy (non-hydrogen) atoms. The van der Waals surface area contributed by atoms with Crippen LogP contribution in [-0.4, -0.2) is 28.9 Å². The molecule has 0 aromatic carbocycles. The van der Waals surface area contributed by atoms with Crippen LogP contribution < -0.4 is 5.73 Å². The van der Waals surface area contributed by atoms with E-state index in [1.165, 1.54) is 0 Å². The lowest BCUT2D eigenvalue weighted by atomic mass is 10.2. The van der Waals surface area contributed by atoms with Gasteiger partial charge >= 0.3 is 0 Å². The third-order valence-corrected chi connectivity index (χ3v) is 3.02. The SMILES string of the molecule is CC[C@H](N)C(=O)N(C)Cc1csc(C)n1. The Morgan fingerprint density at radius 3 is 2.87 bits per heavy atom. The van der Waals surface area contributed by atoms with Crippen LogP contribution >= 0.6 is 11.3 Å². The van der Waals surface area contributed by atoms with Gasteiger partial charge in [-0.2, -0.15) is 0 Å². The molecule has 0 bridgehead atoms. The first-order valence-corrected chi connectivity index (χ1v) is 5.84. The number of carbonyl (C=O) groups excluding carboxylic acids is 1. The molecule has 0 radical (unpaired) electrons. The van der Waals surface area contributed by atoms with Gasteiger partial charge in [-0.25, -0.2) is 4.98 Å². The third-order valence-electron chi connectivity index (χ3n) is 2.20. The number of likely N-dealkylation sites (N-methyl/N-ethyl adjacent to an activating group) is 1. The van der Waals surface area contributed by atoms with Crippen molar-refractivity contribution in [1.82, 2.24) is 9.88 Å². The van der Waals surface area contributed by atoms with E-state index in [-0.39, 0.29) is 5.91 Å². The van der Waals surface area contributed by atoms with Gasteiger partial charge in [0.25, 0.3) is 0 Å². The van der Waals surface area contributed by atoms with Crippen molar-refractivity contribution in [2.75, 3.05) is 7.05 Å². The summed E-state index contributed by atoms with van der Waals surface area (Å²) < 4.78 is 0. The van der Waals surface area contributed by atoms with Crippen molar-refractivity contribution in [1.29, 1.82) is 0 Å². The molecular formula is C10H17N3OS. The molecule has 1 aromatic heterocycles. The zero-order valence-corrected chi connectivity index (χ0v) is 10.2. The fourth-order valence-corrected chi connectivity index (χ4v) is 1.86. The third kappa shape index (κ3) is 3.28. The fraction of sp³-hybridized carbons (Fsp3) is 0.600. The van der Waals surface area contributed by atoms with Gasteiger partial charge in [0.15, 0.2) is 0 Å². The minimum absolute atomic E-state index is 0.0249.